The van der Waals surface area contributed by atoms with Gasteiger partial charge in [0, 0.05) is 61.6 Å². The number of aromatic nitrogens is 7. The summed E-state index contributed by atoms with van der Waals surface area (Å²) in [7, 11) is 4.06. The largest absolute Gasteiger partial charge is 0.378 e. The van der Waals surface area contributed by atoms with Gasteiger partial charge in [0.1, 0.15) is 5.69 Å². The summed E-state index contributed by atoms with van der Waals surface area (Å²) in [6, 6.07) is 10.1. The van der Waals surface area contributed by atoms with Crippen molar-refractivity contribution in [1.29, 1.82) is 0 Å². The maximum absolute atomic E-state index is 14.9. The van der Waals surface area contributed by atoms with Gasteiger partial charge in [-0.2, -0.15) is 5.10 Å². The number of hydrogen-bond acceptors (Lipinski definition) is 8. The smallest absolute Gasteiger partial charge is 0.256 e. The number of carbonyl (C=O) groups excluding carboxylic acids is 1. The number of hydrogen-bond donors (Lipinski definition) is 2. The van der Waals surface area contributed by atoms with Crippen LogP contribution >= 0.6 is 0 Å². The summed E-state index contributed by atoms with van der Waals surface area (Å²) in [5.74, 6) is -0.802. The fourth-order valence-corrected chi connectivity index (χ4v) is 5.16. The SMILES string of the molecule is CN(C)CCn1cc(N2CCN(C(=O)C(O)c3c[nH]c4c(-n5ccnn5)ncc(F)c34)CC2)c(-c2ccccc2)n1. The predicted molar refractivity (Wildman–Crippen MR) is 151 cm³/mol. The van der Waals surface area contributed by atoms with Gasteiger partial charge in [-0.3, -0.25) is 9.48 Å². The number of aromatic amines is 1. The van der Waals surface area contributed by atoms with Crippen LogP contribution < -0.4 is 4.90 Å². The Balaban J connectivity index is 1.20. The van der Waals surface area contributed by atoms with Crippen LogP contribution in [0.2, 0.25) is 0 Å². The molecule has 1 aliphatic heterocycles. The zero-order chi connectivity index (χ0) is 28.5. The highest BCUT2D eigenvalue weighted by Gasteiger charge is 2.31. The van der Waals surface area contributed by atoms with Crippen molar-refractivity contribution in [2.45, 2.75) is 12.6 Å². The van der Waals surface area contributed by atoms with Crippen LogP contribution in [0.1, 0.15) is 11.7 Å². The normalized spacial score (nSPS) is 14.8. The van der Waals surface area contributed by atoms with E-state index in [9.17, 15) is 14.3 Å². The van der Waals surface area contributed by atoms with Crippen molar-refractivity contribution in [2.24, 2.45) is 0 Å². The van der Waals surface area contributed by atoms with Gasteiger partial charge in [0.2, 0.25) is 0 Å². The molecule has 1 aromatic carbocycles. The van der Waals surface area contributed by atoms with Crippen molar-refractivity contribution in [3.63, 3.8) is 0 Å². The fraction of sp³-hybridized carbons (Fsp3) is 0.321. The average molecular weight is 559 g/mol. The van der Waals surface area contributed by atoms with E-state index in [0.717, 1.165) is 36.2 Å². The van der Waals surface area contributed by atoms with Crippen LogP contribution in [0.3, 0.4) is 0 Å². The first-order valence-electron chi connectivity index (χ1n) is 13.4. The van der Waals surface area contributed by atoms with Gasteiger partial charge < -0.3 is 24.8 Å². The third-order valence-corrected chi connectivity index (χ3v) is 7.34. The molecular formula is C28H31FN10O2. The standard InChI is InChI=1S/C28H31FN10O2/c1-35(2)10-15-38-18-22(24(33-38)19-6-4-3-5-7-19)36-11-13-37(14-12-36)28(41)26(40)20-16-30-25-23(20)21(29)17-31-27(25)39-9-8-32-34-39/h3-9,16-18,26,30,40H,10-15H2,1-2H3. The summed E-state index contributed by atoms with van der Waals surface area (Å²) in [5.41, 5.74) is 3.41. The summed E-state index contributed by atoms with van der Waals surface area (Å²) < 4.78 is 18.3. The van der Waals surface area contributed by atoms with E-state index < -0.39 is 17.8 Å². The van der Waals surface area contributed by atoms with Gasteiger partial charge in [-0.15, -0.1) is 5.10 Å². The highest BCUT2D eigenvalue weighted by atomic mass is 19.1. The third kappa shape index (κ3) is 5.16. The number of anilines is 1. The minimum atomic E-state index is -1.54. The van der Waals surface area contributed by atoms with Gasteiger partial charge in [-0.05, 0) is 14.1 Å². The van der Waals surface area contributed by atoms with Crippen LogP contribution in [0.25, 0.3) is 28.0 Å². The molecule has 41 heavy (non-hydrogen) atoms. The van der Waals surface area contributed by atoms with Crippen LogP contribution in [0.4, 0.5) is 10.1 Å². The second-order valence-electron chi connectivity index (χ2n) is 10.3. The number of carbonyl (C=O) groups is 1. The van der Waals surface area contributed by atoms with E-state index in [1.807, 2.05) is 49.1 Å². The zero-order valence-electron chi connectivity index (χ0n) is 22.9. The molecule has 1 amide bonds. The Bertz CT molecular complexity index is 1640. The average Bonchev–Trinajstić information content (AvgIpc) is 3.77. The molecule has 0 aliphatic carbocycles. The van der Waals surface area contributed by atoms with Crippen molar-refractivity contribution >= 4 is 22.5 Å². The first-order chi connectivity index (χ1) is 19.9. The summed E-state index contributed by atoms with van der Waals surface area (Å²) in [5, 5.41) is 23.8. The summed E-state index contributed by atoms with van der Waals surface area (Å²) in [6.07, 6.45) is 6.09. The van der Waals surface area contributed by atoms with Crippen molar-refractivity contribution in [1.82, 2.24) is 44.5 Å². The van der Waals surface area contributed by atoms with E-state index in [1.54, 1.807) is 11.1 Å². The van der Waals surface area contributed by atoms with E-state index in [4.69, 9.17) is 5.10 Å². The minimum absolute atomic E-state index is 0.0997. The number of aliphatic hydroxyl groups excluding tert-OH is 1. The quantitative estimate of drug-likeness (QED) is 0.297. The number of piperazine rings is 1. The molecule has 0 radical (unpaired) electrons. The number of pyridine rings is 1. The van der Waals surface area contributed by atoms with Gasteiger partial charge in [0.05, 0.1) is 36.3 Å². The summed E-state index contributed by atoms with van der Waals surface area (Å²) in [4.78, 5) is 26.4. The number of nitrogens with one attached hydrogen (secondary N) is 1. The Hall–Kier alpha value is -4.62. The number of amides is 1. The molecule has 4 aromatic heterocycles. The Morgan fingerprint density at radius 3 is 2.66 bits per heavy atom. The number of aliphatic hydroxyl groups is 1. The number of likely N-dealkylation sites (N-methyl/N-ethyl adjacent to an activating group) is 1. The van der Waals surface area contributed by atoms with Crippen LogP contribution in [-0.4, -0.2) is 102 Å². The molecule has 1 atom stereocenters. The lowest BCUT2D eigenvalue weighted by molar-refractivity contribution is -0.140. The lowest BCUT2D eigenvalue weighted by Crippen LogP contribution is -2.50. The molecule has 1 aliphatic rings. The maximum Gasteiger partial charge on any atom is 0.256 e. The monoisotopic (exact) mass is 558 g/mol. The minimum Gasteiger partial charge on any atom is -0.378 e. The second kappa shape index (κ2) is 11.1. The Kier molecular flexibility index (Phi) is 7.20. The van der Waals surface area contributed by atoms with Gasteiger partial charge in [0.15, 0.2) is 17.7 Å². The molecule has 13 heteroatoms. The summed E-state index contributed by atoms with van der Waals surface area (Å²) in [6.45, 7) is 3.57. The molecule has 1 saturated heterocycles. The molecule has 5 heterocycles. The molecule has 2 N–H and O–H groups in total. The van der Waals surface area contributed by atoms with Gasteiger partial charge in [-0.1, -0.05) is 35.5 Å². The van der Waals surface area contributed by atoms with E-state index in [-0.39, 0.29) is 10.9 Å². The van der Waals surface area contributed by atoms with Crippen molar-refractivity contribution in [3.8, 4) is 17.1 Å². The predicted octanol–water partition coefficient (Wildman–Crippen LogP) is 2.09. The summed E-state index contributed by atoms with van der Waals surface area (Å²) >= 11 is 0. The highest BCUT2D eigenvalue weighted by Crippen LogP contribution is 2.32. The Labute approximate surface area is 235 Å². The molecular weight excluding hydrogens is 527 g/mol. The van der Waals surface area contributed by atoms with Crippen LogP contribution in [-0.2, 0) is 11.3 Å². The molecule has 5 aromatic rings. The van der Waals surface area contributed by atoms with Crippen LogP contribution in [0, 0.1) is 5.82 Å². The van der Waals surface area contributed by atoms with E-state index in [0.29, 0.717) is 37.5 Å². The zero-order valence-corrected chi connectivity index (χ0v) is 22.9. The van der Waals surface area contributed by atoms with Crippen LogP contribution in [0.15, 0.2) is 61.3 Å². The molecule has 1 unspecified atom stereocenters. The molecule has 0 spiro atoms. The lowest BCUT2D eigenvalue weighted by atomic mass is 10.1. The number of benzene rings is 1. The first kappa shape index (κ1) is 26.6. The number of fused-ring (bicyclic) bond motifs is 1. The fourth-order valence-electron chi connectivity index (χ4n) is 5.16. The van der Waals surface area contributed by atoms with Crippen molar-refractivity contribution in [3.05, 3.63) is 72.7 Å². The number of H-pyrrole nitrogens is 1. The molecule has 212 valence electrons. The Morgan fingerprint density at radius 2 is 1.95 bits per heavy atom. The van der Waals surface area contributed by atoms with E-state index in [1.165, 1.54) is 17.1 Å². The topological polar surface area (TPSA) is 124 Å². The molecule has 6 rings (SSSR count). The highest BCUT2D eigenvalue weighted by molar-refractivity contribution is 5.94. The molecule has 0 saturated carbocycles. The third-order valence-electron chi connectivity index (χ3n) is 7.34. The van der Waals surface area contributed by atoms with Gasteiger partial charge >= 0.3 is 0 Å². The second-order valence-corrected chi connectivity index (χ2v) is 10.3. The van der Waals surface area contributed by atoms with E-state index >= 15 is 0 Å². The molecule has 0 bridgehead atoms. The first-order valence-corrected chi connectivity index (χ1v) is 13.4. The number of halogens is 1. The molecule has 12 nitrogen and oxygen atoms in total. The van der Waals surface area contributed by atoms with Crippen LogP contribution in [0.5, 0.6) is 0 Å². The van der Waals surface area contributed by atoms with Crippen molar-refractivity contribution in [2.75, 3.05) is 51.7 Å². The van der Waals surface area contributed by atoms with Crippen molar-refractivity contribution < 1.29 is 14.3 Å². The van der Waals surface area contributed by atoms with Gasteiger partial charge in [0.25, 0.3) is 5.91 Å². The van der Waals surface area contributed by atoms with Gasteiger partial charge in [-0.25, -0.2) is 14.1 Å². The lowest BCUT2D eigenvalue weighted by Gasteiger charge is -2.36. The number of nitrogens with zero attached hydrogens (tertiary/aromatic N) is 9. The number of rotatable bonds is 8. The Morgan fingerprint density at radius 1 is 1.17 bits per heavy atom. The van der Waals surface area contributed by atoms with E-state index in [2.05, 4.69) is 36.3 Å². The maximum atomic E-state index is 14.9. The molecule has 1 fully saturated rings.